The molecule has 0 saturated heterocycles. The highest BCUT2D eigenvalue weighted by Crippen LogP contribution is 2.43. The molecule has 0 saturated carbocycles. The zero-order valence-electron chi connectivity index (χ0n) is 21.4. The van der Waals surface area contributed by atoms with E-state index in [9.17, 15) is 9.59 Å². The molecule has 1 aromatic carbocycles. The Hall–Kier alpha value is -3.60. The number of imidazole rings is 1. The number of ether oxygens (including phenoxy) is 2. The third-order valence-electron chi connectivity index (χ3n) is 6.49. The average molecular weight is 557 g/mol. The summed E-state index contributed by atoms with van der Waals surface area (Å²) in [6, 6.07) is 7.88. The summed E-state index contributed by atoms with van der Waals surface area (Å²) in [4.78, 5) is 37.9. The maximum atomic E-state index is 14.1. The molecular formula is C26H26Cl2N6O4. The predicted molar refractivity (Wildman–Crippen MR) is 146 cm³/mol. The van der Waals surface area contributed by atoms with Crippen LogP contribution in [0.2, 0.25) is 10.0 Å². The molecule has 2 aromatic heterocycles. The van der Waals surface area contributed by atoms with Crippen LogP contribution in [0.15, 0.2) is 52.2 Å². The number of hydrogen-bond donors (Lipinski definition) is 1. The molecule has 10 nitrogen and oxygen atoms in total. The molecule has 38 heavy (non-hydrogen) atoms. The van der Waals surface area contributed by atoms with Gasteiger partial charge in [-0.1, -0.05) is 35.3 Å². The van der Waals surface area contributed by atoms with Crippen molar-refractivity contribution in [3.05, 3.63) is 85.6 Å². The second kappa shape index (κ2) is 9.94. The number of fused-ring (bicyclic) bond motifs is 1. The summed E-state index contributed by atoms with van der Waals surface area (Å²) < 4.78 is 14.2. The maximum Gasteiger partial charge on any atom is 0.279 e. The van der Waals surface area contributed by atoms with Crippen molar-refractivity contribution in [2.45, 2.75) is 32.3 Å². The van der Waals surface area contributed by atoms with Gasteiger partial charge in [0.2, 0.25) is 12.2 Å². The quantitative estimate of drug-likeness (QED) is 0.489. The average Bonchev–Trinajstić information content (AvgIpc) is 3.41. The minimum Gasteiger partial charge on any atom is -0.482 e. The lowest BCUT2D eigenvalue weighted by Gasteiger charge is -2.29. The van der Waals surface area contributed by atoms with E-state index in [-0.39, 0.29) is 23.0 Å². The Morgan fingerprint density at radius 3 is 2.42 bits per heavy atom. The Balaban J connectivity index is 1.78. The third kappa shape index (κ3) is 4.18. The molecular weight excluding hydrogens is 531 g/mol. The molecule has 0 fully saturated rings. The first kappa shape index (κ1) is 26.0. The molecule has 2 aliphatic heterocycles. The molecule has 0 aliphatic carbocycles. The van der Waals surface area contributed by atoms with Gasteiger partial charge in [-0.3, -0.25) is 14.5 Å². The Morgan fingerprint density at radius 2 is 1.79 bits per heavy atom. The van der Waals surface area contributed by atoms with Crippen LogP contribution < -0.4 is 15.8 Å². The zero-order valence-corrected chi connectivity index (χ0v) is 22.9. The van der Waals surface area contributed by atoms with Crippen LogP contribution >= 0.6 is 23.2 Å². The molecule has 2 aliphatic rings. The van der Waals surface area contributed by atoms with Gasteiger partial charge in [0.25, 0.3) is 11.5 Å². The van der Waals surface area contributed by atoms with Gasteiger partial charge < -0.3 is 23.9 Å². The Morgan fingerprint density at radius 1 is 1.08 bits per heavy atom. The molecule has 12 heteroatoms. The third-order valence-corrected chi connectivity index (χ3v) is 6.94. The predicted octanol–water partition coefficient (Wildman–Crippen LogP) is 4.14. The number of aliphatic imine (C=N–C) groups is 1. The fourth-order valence-electron chi connectivity index (χ4n) is 4.83. The van der Waals surface area contributed by atoms with Crippen molar-refractivity contribution in [3.8, 4) is 0 Å². The molecule has 198 valence electrons. The van der Waals surface area contributed by atoms with Gasteiger partial charge in [0.05, 0.1) is 23.4 Å². The number of amides is 1. The number of rotatable bonds is 6. The maximum absolute atomic E-state index is 14.1. The summed E-state index contributed by atoms with van der Waals surface area (Å²) in [5, 5.41) is 3.94. The molecule has 1 amide bonds. The lowest BCUT2D eigenvalue weighted by molar-refractivity contribution is 0.0704. The fraction of sp³-hybridized carbons (Fsp3) is 0.308. The number of benzene rings is 1. The van der Waals surface area contributed by atoms with E-state index in [1.54, 1.807) is 25.4 Å². The molecule has 1 unspecified atom stereocenters. The first-order valence-electron chi connectivity index (χ1n) is 11.8. The van der Waals surface area contributed by atoms with Gasteiger partial charge in [-0.25, -0.2) is 9.98 Å². The smallest absolute Gasteiger partial charge is 0.279 e. The number of nitrogens with zero attached hydrogens (tertiary/aromatic N) is 5. The largest absolute Gasteiger partial charge is 0.482 e. The first-order valence-corrected chi connectivity index (χ1v) is 12.6. The van der Waals surface area contributed by atoms with Gasteiger partial charge in [0.1, 0.15) is 17.6 Å². The van der Waals surface area contributed by atoms with Gasteiger partial charge in [0, 0.05) is 37.6 Å². The first-order chi connectivity index (χ1) is 18.2. The Kier molecular flexibility index (Phi) is 6.81. The number of anilines is 1. The topological polar surface area (TPSA) is 103 Å². The van der Waals surface area contributed by atoms with E-state index in [0.717, 1.165) is 5.56 Å². The van der Waals surface area contributed by atoms with Crippen molar-refractivity contribution >= 4 is 46.6 Å². The van der Waals surface area contributed by atoms with Crippen LogP contribution in [-0.4, -0.2) is 46.8 Å². The number of allylic oxidation sites excluding steroid dienone is 1. The Labute approximate surface area is 229 Å². The molecule has 0 radical (unpaired) electrons. The standard InChI is InChI=1S/C26H26Cl2N6O4/c1-13(2)33-21-19(30-22(33)17-11-29-26(38-5)31-23(17)37-4)25(36)34(18-10-16(28)12-32(3)24(18)35)20(21)14-6-8-15(27)9-7-14/h6-13,20,26,31H,1-5H3/t20-,26?/m0/s1. The van der Waals surface area contributed by atoms with Crippen LogP contribution in [0.1, 0.15) is 53.5 Å². The van der Waals surface area contributed by atoms with Crippen LogP contribution in [-0.2, 0) is 16.5 Å². The molecule has 2 atom stereocenters. The number of aryl methyl sites for hydroxylation is 1. The normalized spacial score (nSPS) is 18.8. The summed E-state index contributed by atoms with van der Waals surface area (Å²) in [7, 11) is 4.65. The second-order valence-electron chi connectivity index (χ2n) is 9.18. The Bertz CT molecular complexity index is 1540. The van der Waals surface area contributed by atoms with E-state index in [2.05, 4.69) is 10.3 Å². The van der Waals surface area contributed by atoms with Gasteiger partial charge in [-0.15, -0.1) is 0 Å². The van der Waals surface area contributed by atoms with Gasteiger partial charge >= 0.3 is 0 Å². The summed E-state index contributed by atoms with van der Waals surface area (Å²) >= 11 is 12.5. The van der Waals surface area contributed by atoms with Crippen LogP contribution in [0.25, 0.3) is 5.57 Å². The lowest BCUT2D eigenvalue weighted by Crippen LogP contribution is -2.36. The van der Waals surface area contributed by atoms with Crippen molar-refractivity contribution < 1.29 is 14.3 Å². The van der Waals surface area contributed by atoms with Gasteiger partial charge in [-0.05, 0) is 37.6 Å². The van der Waals surface area contributed by atoms with Gasteiger partial charge in [-0.2, -0.15) is 0 Å². The van der Waals surface area contributed by atoms with E-state index in [1.807, 2.05) is 30.5 Å². The van der Waals surface area contributed by atoms with E-state index in [0.29, 0.717) is 33.0 Å². The van der Waals surface area contributed by atoms with E-state index < -0.39 is 18.3 Å². The summed E-state index contributed by atoms with van der Waals surface area (Å²) in [6.45, 7) is 3.99. The van der Waals surface area contributed by atoms with Crippen molar-refractivity contribution in [1.82, 2.24) is 19.4 Å². The molecule has 1 N–H and O–H groups in total. The monoisotopic (exact) mass is 556 g/mol. The zero-order chi connectivity index (χ0) is 27.3. The number of nitrogens with one attached hydrogen (secondary N) is 1. The highest BCUT2D eigenvalue weighted by Gasteiger charge is 2.46. The van der Waals surface area contributed by atoms with Crippen molar-refractivity contribution in [3.63, 3.8) is 0 Å². The van der Waals surface area contributed by atoms with Crippen LogP contribution in [0.3, 0.4) is 0 Å². The van der Waals surface area contributed by atoms with Crippen molar-refractivity contribution in [1.29, 1.82) is 0 Å². The summed E-state index contributed by atoms with van der Waals surface area (Å²) in [5.41, 5.74) is 1.97. The molecule has 4 heterocycles. The van der Waals surface area contributed by atoms with Crippen LogP contribution in [0.4, 0.5) is 5.69 Å². The minimum atomic E-state index is -0.670. The van der Waals surface area contributed by atoms with Crippen LogP contribution in [0, 0.1) is 0 Å². The summed E-state index contributed by atoms with van der Waals surface area (Å²) in [6.07, 6.45) is 2.51. The molecule has 0 bridgehead atoms. The second-order valence-corrected chi connectivity index (χ2v) is 10.1. The number of carbonyl (C=O) groups is 1. The molecule has 5 rings (SSSR count). The number of pyridine rings is 1. The fourth-order valence-corrected chi connectivity index (χ4v) is 5.21. The number of aromatic nitrogens is 3. The highest BCUT2D eigenvalue weighted by atomic mass is 35.5. The lowest BCUT2D eigenvalue weighted by atomic mass is 10.0. The van der Waals surface area contributed by atoms with Gasteiger partial charge in [0.15, 0.2) is 5.69 Å². The summed E-state index contributed by atoms with van der Waals surface area (Å²) in [5.74, 6) is 0.488. The molecule has 3 aromatic rings. The number of halogens is 2. The SMILES string of the molecule is COC1=C(c2nc3c(n2C(C)C)[C@H](c2ccc(Cl)cc2)N(c2cc(Cl)cn(C)c2=O)C3=O)C=NC(OC)N1. The number of hydrogen-bond acceptors (Lipinski definition) is 7. The van der Waals surface area contributed by atoms with E-state index >= 15 is 0 Å². The van der Waals surface area contributed by atoms with E-state index in [1.165, 1.54) is 35.9 Å². The number of methoxy groups -OCH3 is 2. The number of carbonyl (C=O) groups excluding carboxylic acids is 1. The van der Waals surface area contributed by atoms with Crippen molar-refractivity contribution in [2.24, 2.45) is 12.0 Å². The van der Waals surface area contributed by atoms with Crippen LogP contribution in [0.5, 0.6) is 0 Å². The minimum absolute atomic E-state index is 0.120. The van der Waals surface area contributed by atoms with Crippen molar-refractivity contribution in [2.75, 3.05) is 19.1 Å². The van der Waals surface area contributed by atoms with E-state index in [4.69, 9.17) is 37.7 Å². The highest BCUT2D eigenvalue weighted by molar-refractivity contribution is 6.31. The molecule has 0 spiro atoms.